The molecule has 1 atom stereocenters. The minimum Gasteiger partial charge on any atom is -0.338 e. The zero-order chi connectivity index (χ0) is 22.5. The summed E-state index contributed by atoms with van der Waals surface area (Å²) in [6.07, 6.45) is -1.34. The third-order valence-corrected chi connectivity index (χ3v) is 5.84. The van der Waals surface area contributed by atoms with Crippen molar-refractivity contribution in [1.82, 2.24) is 24.5 Å². The van der Waals surface area contributed by atoms with Crippen molar-refractivity contribution in [2.45, 2.75) is 31.9 Å². The molecule has 1 saturated heterocycles. The molecule has 0 bridgehead atoms. The first-order valence-electron chi connectivity index (χ1n) is 10.4. The lowest BCUT2D eigenvalue weighted by atomic mass is 9.94. The van der Waals surface area contributed by atoms with Gasteiger partial charge < -0.3 is 4.90 Å². The van der Waals surface area contributed by atoms with Gasteiger partial charge in [-0.3, -0.25) is 9.78 Å². The number of fused-ring (bicyclic) bond motifs is 2. The number of likely N-dealkylation sites (tertiary alicyclic amines) is 1. The predicted molar refractivity (Wildman–Crippen MR) is 112 cm³/mol. The number of halogens is 3. The fourth-order valence-corrected chi connectivity index (χ4v) is 4.31. The number of hydrogen-bond donors (Lipinski definition) is 0. The molecule has 3 aromatic heterocycles. The lowest BCUT2D eigenvalue weighted by Crippen LogP contribution is -2.39. The molecule has 4 aromatic rings. The molecule has 1 amide bonds. The van der Waals surface area contributed by atoms with Crippen LogP contribution < -0.4 is 0 Å². The van der Waals surface area contributed by atoms with E-state index in [-0.39, 0.29) is 23.2 Å². The lowest BCUT2D eigenvalue weighted by Gasteiger charge is -2.32. The Morgan fingerprint density at radius 1 is 1.16 bits per heavy atom. The van der Waals surface area contributed by atoms with Gasteiger partial charge in [0.05, 0.1) is 11.2 Å². The van der Waals surface area contributed by atoms with E-state index in [1.54, 1.807) is 23.2 Å². The molecule has 0 aliphatic carbocycles. The molecule has 0 N–H and O–H groups in total. The van der Waals surface area contributed by atoms with E-state index >= 15 is 0 Å². The van der Waals surface area contributed by atoms with Crippen LogP contribution in [0.2, 0.25) is 0 Å². The van der Waals surface area contributed by atoms with Crippen LogP contribution in [0.4, 0.5) is 13.2 Å². The summed E-state index contributed by atoms with van der Waals surface area (Å²) < 4.78 is 41.3. The third kappa shape index (κ3) is 3.68. The van der Waals surface area contributed by atoms with Gasteiger partial charge in [0, 0.05) is 47.9 Å². The average Bonchev–Trinajstić information content (AvgIpc) is 3.21. The Balaban J connectivity index is 1.43. The second-order valence-corrected chi connectivity index (χ2v) is 8.12. The van der Waals surface area contributed by atoms with Crippen LogP contribution in [0.1, 0.15) is 46.2 Å². The van der Waals surface area contributed by atoms with E-state index in [2.05, 4.69) is 15.1 Å². The highest BCUT2D eigenvalue weighted by atomic mass is 19.4. The van der Waals surface area contributed by atoms with E-state index in [0.717, 1.165) is 34.3 Å². The molecule has 0 radical (unpaired) electrons. The monoisotopic (exact) mass is 439 g/mol. The standard InChI is InChI=1S/C23H20F3N5O/c1-14-10-20(23(24,25)26)31-21(28-14)12-19(29-31)17-5-3-9-30(13-17)22(32)16-6-7-18-15(11-16)4-2-8-27-18/h2,4,6-8,10-12,17H,3,5,9,13H2,1H3/t17-/m1/s1. The highest BCUT2D eigenvalue weighted by Gasteiger charge is 2.35. The molecule has 4 heterocycles. The van der Waals surface area contributed by atoms with Crippen molar-refractivity contribution in [3.63, 3.8) is 0 Å². The van der Waals surface area contributed by atoms with E-state index in [4.69, 9.17) is 0 Å². The van der Waals surface area contributed by atoms with Gasteiger partial charge in [0.1, 0.15) is 5.69 Å². The number of nitrogens with zero attached hydrogens (tertiary/aromatic N) is 5. The Kier molecular flexibility index (Phi) is 4.83. The van der Waals surface area contributed by atoms with Crippen LogP contribution in [-0.2, 0) is 6.18 Å². The summed E-state index contributed by atoms with van der Waals surface area (Å²) in [6.45, 7) is 2.52. The number of carbonyl (C=O) groups excluding carboxylic acids is 1. The lowest BCUT2D eigenvalue weighted by molar-refractivity contribution is -0.142. The minimum absolute atomic E-state index is 0.103. The molecule has 0 saturated carbocycles. The van der Waals surface area contributed by atoms with Gasteiger partial charge in [-0.25, -0.2) is 9.50 Å². The molecule has 1 fully saturated rings. The molecule has 9 heteroatoms. The number of amides is 1. The van der Waals surface area contributed by atoms with E-state index in [1.165, 1.54) is 6.92 Å². The van der Waals surface area contributed by atoms with Crippen molar-refractivity contribution in [3.8, 4) is 0 Å². The molecular formula is C23H20F3N5O. The van der Waals surface area contributed by atoms with Gasteiger partial charge in [-0.1, -0.05) is 6.07 Å². The van der Waals surface area contributed by atoms with Crippen molar-refractivity contribution >= 4 is 22.5 Å². The molecule has 1 aromatic carbocycles. The molecule has 164 valence electrons. The average molecular weight is 439 g/mol. The summed E-state index contributed by atoms with van der Waals surface area (Å²) >= 11 is 0. The summed E-state index contributed by atoms with van der Waals surface area (Å²) in [5.41, 5.74) is 1.50. The number of hydrogen-bond acceptors (Lipinski definition) is 4. The van der Waals surface area contributed by atoms with Crippen LogP contribution in [0.25, 0.3) is 16.6 Å². The van der Waals surface area contributed by atoms with E-state index in [1.807, 2.05) is 24.3 Å². The quantitative estimate of drug-likeness (QED) is 0.457. The predicted octanol–water partition coefficient (Wildman–Crippen LogP) is 4.62. The van der Waals surface area contributed by atoms with Gasteiger partial charge in [-0.2, -0.15) is 18.3 Å². The Labute approximate surface area is 181 Å². The highest BCUT2D eigenvalue weighted by Crippen LogP contribution is 2.32. The molecule has 1 aliphatic heterocycles. The fraction of sp³-hybridized carbons (Fsp3) is 0.304. The molecule has 1 aliphatic rings. The number of benzene rings is 1. The number of carbonyl (C=O) groups is 1. The normalized spacial score (nSPS) is 17.2. The van der Waals surface area contributed by atoms with Crippen molar-refractivity contribution in [1.29, 1.82) is 0 Å². The largest absolute Gasteiger partial charge is 0.433 e. The maximum Gasteiger partial charge on any atom is 0.433 e. The zero-order valence-corrected chi connectivity index (χ0v) is 17.3. The number of aryl methyl sites for hydroxylation is 1. The number of piperidine rings is 1. The van der Waals surface area contributed by atoms with E-state index in [9.17, 15) is 18.0 Å². The van der Waals surface area contributed by atoms with Crippen LogP contribution >= 0.6 is 0 Å². The molecule has 32 heavy (non-hydrogen) atoms. The maximum atomic E-state index is 13.5. The van der Waals surface area contributed by atoms with Crippen LogP contribution in [-0.4, -0.2) is 43.5 Å². The molecular weight excluding hydrogens is 419 g/mol. The van der Waals surface area contributed by atoms with Gasteiger partial charge in [-0.05, 0) is 50.1 Å². The summed E-state index contributed by atoms with van der Waals surface area (Å²) in [5, 5.41) is 5.12. The number of rotatable bonds is 2. The Morgan fingerprint density at radius 2 is 2.00 bits per heavy atom. The Hall–Kier alpha value is -3.49. The molecule has 5 rings (SSSR count). The van der Waals surface area contributed by atoms with Crippen molar-refractivity contribution < 1.29 is 18.0 Å². The van der Waals surface area contributed by atoms with Crippen LogP contribution in [0.15, 0.2) is 48.7 Å². The zero-order valence-electron chi connectivity index (χ0n) is 17.3. The smallest absolute Gasteiger partial charge is 0.338 e. The first-order valence-corrected chi connectivity index (χ1v) is 10.4. The first kappa shape index (κ1) is 20.4. The van der Waals surface area contributed by atoms with Crippen LogP contribution in [0.5, 0.6) is 0 Å². The first-order chi connectivity index (χ1) is 15.3. The highest BCUT2D eigenvalue weighted by molar-refractivity contribution is 5.98. The number of pyridine rings is 1. The van der Waals surface area contributed by atoms with Gasteiger partial charge in [0.2, 0.25) is 0 Å². The van der Waals surface area contributed by atoms with Gasteiger partial charge >= 0.3 is 6.18 Å². The Morgan fingerprint density at radius 3 is 2.81 bits per heavy atom. The maximum absolute atomic E-state index is 13.5. The fourth-order valence-electron chi connectivity index (χ4n) is 4.31. The van der Waals surface area contributed by atoms with E-state index < -0.39 is 11.9 Å². The third-order valence-electron chi connectivity index (χ3n) is 5.84. The molecule has 6 nitrogen and oxygen atoms in total. The van der Waals surface area contributed by atoms with Gasteiger partial charge in [0.25, 0.3) is 5.91 Å². The van der Waals surface area contributed by atoms with Gasteiger partial charge in [-0.15, -0.1) is 0 Å². The van der Waals surface area contributed by atoms with Crippen molar-refractivity contribution in [2.24, 2.45) is 0 Å². The van der Waals surface area contributed by atoms with Gasteiger partial charge in [0.15, 0.2) is 5.65 Å². The minimum atomic E-state index is -4.53. The number of alkyl halides is 3. The summed E-state index contributed by atoms with van der Waals surface area (Å²) in [6, 6.07) is 11.7. The van der Waals surface area contributed by atoms with Crippen molar-refractivity contribution in [2.75, 3.05) is 13.1 Å². The summed E-state index contributed by atoms with van der Waals surface area (Å²) in [7, 11) is 0. The SMILES string of the molecule is Cc1cc(C(F)(F)F)n2nc([C@@H]3CCCN(C(=O)c4ccc5ncccc5c4)C3)cc2n1. The summed E-state index contributed by atoms with van der Waals surface area (Å²) in [5.74, 6) is -0.257. The second-order valence-electron chi connectivity index (χ2n) is 8.12. The second kappa shape index (κ2) is 7.58. The molecule has 0 unspecified atom stereocenters. The summed E-state index contributed by atoms with van der Waals surface area (Å²) in [4.78, 5) is 23.4. The van der Waals surface area contributed by atoms with Crippen molar-refractivity contribution in [3.05, 3.63) is 71.3 Å². The number of aromatic nitrogens is 4. The van der Waals surface area contributed by atoms with E-state index in [0.29, 0.717) is 24.3 Å². The topological polar surface area (TPSA) is 63.4 Å². The Bertz CT molecular complexity index is 1330. The van der Waals surface area contributed by atoms with Crippen LogP contribution in [0.3, 0.4) is 0 Å². The molecule has 0 spiro atoms. The van der Waals surface area contributed by atoms with Crippen LogP contribution in [0, 0.1) is 6.92 Å².